The molecule has 3 atom stereocenters. The van der Waals surface area contributed by atoms with Crippen LogP contribution < -0.4 is 0 Å². The highest BCUT2D eigenvalue weighted by atomic mass is 16.5. The van der Waals surface area contributed by atoms with Crippen LogP contribution in [0.25, 0.3) is 0 Å². The average Bonchev–Trinajstić information content (AvgIpc) is 2.59. The van der Waals surface area contributed by atoms with Crippen molar-refractivity contribution in [1.29, 1.82) is 0 Å². The van der Waals surface area contributed by atoms with E-state index in [0.717, 1.165) is 18.6 Å². The summed E-state index contributed by atoms with van der Waals surface area (Å²) in [5, 5.41) is 11.8. The summed E-state index contributed by atoms with van der Waals surface area (Å²) in [5.74, 6) is 0.344. The molecule has 1 N–H and O–H groups in total. The molecule has 0 heterocycles. The van der Waals surface area contributed by atoms with Crippen molar-refractivity contribution in [3.05, 3.63) is 0 Å². The first kappa shape index (κ1) is 7.58. The van der Waals surface area contributed by atoms with Crippen molar-refractivity contribution in [2.24, 2.45) is 22.9 Å². The highest BCUT2D eigenvalue weighted by molar-refractivity contribution is 5.97. The van der Waals surface area contributed by atoms with Gasteiger partial charge in [-0.05, 0) is 18.8 Å². The maximum atomic E-state index is 11.2. The molecule has 3 saturated carbocycles. The second-order valence-electron chi connectivity index (χ2n) is 3.45. The Morgan fingerprint density at radius 1 is 1.75 bits per heavy atom. The maximum Gasteiger partial charge on any atom is 0.309 e. The van der Waals surface area contributed by atoms with E-state index < -0.39 is 0 Å². The van der Waals surface area contributed by atoms with Crippen LogP contribution in [0.5, 0.6) is 0 Å². The number of carbonyl (C=O) groups is 1. The van der Waals surface area contributed by atoms with Crippen LogP contribution in [-0.2, 0) is 9.53 Å². The Morgan fingerprint density at radius 3 is 3.00 bits per heavy atom. The first-order valence-corrected chi connectivity index (χ1v) is 4.06. The van der Waals surface area contributed by atoms with Crippen LogP contribution in [0.4, 0.5) is 0 Å². The summed E-state index contributed by atoms with van der Waals surface area (Å²) in [6.07, 6.45) is 1.75. The van der Waals surface area contributed by atoms with Crippen molar-refractivity contribution < 1.29 is 14.7 Å². The summed E-state index contributed by atoms with van der Waals surface area (Å²) >= 11 is 0. The number of fused-ring (bicyclic) bond motifs is 1. The number of hydrogen-bond acceptors (Lipinski definition) is 4. The SMILES string of the molecule is COC(=O)[C@H]1[C@H]2C/C(=N\O)[C@H]1C2. The molecule has 0 radical (unpaired) electrons. The van der Waals surface area contributed by atoms with Crippen LogP contribution in [0.2, 0.25) is 0 Å². The normalized spacial score (nSPS) is 41.1. The Balaban J connectivity index is 2.11. The number of esters is 1. The largest absolute Gasteiger partial charge is 0.469 e. The first-order valence-electron chi connectivity index (χ1n) is 4.06. The van der Waals surface area contributed by atoms with Crippen molar-refractivity contribution >= 4 is 11.7 Å². The van der Waals surface area contributed by atoms with E-state index in [4.69, 9.17) is 5.21 Å². The van der Waals surface area contributed by atoms with E-state index in [1.807, 2.05) is 0 Å². The molecule has 3 fully saturated rings. The molecule has 3 aliphatic rings. The lowest BCUT2D eigenvalue weighted by Gasteiger charge is -2.31. The molecule has 3 aliphatic carbocycles. The highest BCUT2D eigenvalue weighted by Crippen LogP contribution is 2.52. The minimum absolute atomic E-state index is 0.0269. The second-order valence-corrected chi connectivity index (χ2v) is 3.45. The summed E-state index contributed by atoms with van der Waals surface area (Å²) in [7, 11) is 1.40. The molecule has 0 aromatic rings. The number of methoxy groups -OCH3 is 1. The monoisotopic (exact) mass is 169 g/mol. The van der Waals surface area contributed by atoms with Gasteiger partial charge in [0.1, 0.15) is 0 Å². The first-order chi connectivity index (χ1) is 5.77. The third kappa shape index (κ3) is 0.777. The molecule has 66 valence electrons. The predicted octanol–water partition coefficient (Wildman–Crippen LogP) is 0.646. The van der Waals surface area contributed by atoms with Gasteiger partial charge in [-0.25, -0.2) is 0 Å². The zero-order valence-corrected chi connectivity index (χ0v) is 6.86. The number of oxime groups is 1. The third-order valence-corrected chi connectivity index (χ3v) is 3.00. The summed E-state index contributed by atoms with van der Waals surface area (Å²) < 4.78 is 4.65. The molecular weight excluding hydrogens is 158 g/mol. The van der Waals surface area contributed by atoms with Gasteiger partial charge in [-0.2, -0.15) is 0 Å². The Morgan fingerprint density at radius 2 is 2.50 bits per heavy atom. The van der Waals surface area contributed by atoms with Gasteiger partial charge in [-0.1, -0.05) is 5.16 Å². The molecule has 2 bridgehead atoms. The fraction of sp³-hybridized carbons (Fsp3) is 0.750. The minimum atomic E-state index is -0.157. The van der Waals surface area contributed by atoms with E-state index >= 15 is 0 Å². The lowest BCUT2D eigenvalue weighted by Crippen LogP contribution is -2.37. The van der Waals surface area contributed by atoms with E-state index in [0.29, 0.717) is 5.92 Å². The molecule has 12 heavy (non-hydrogen) atoms. The number of ether oxygens (including phenoxy) is 1. The van der Waals surface area contributed by atoms with Gasteiger partial charge in [0, 0.05) is 5.92 Å². The van der Waals surface area contributed by atoms with Crippen LogP contribution in [0.1, 0.15) is 12.8 Å². The van der Waals surface area contributed by atoms with E-state index in [-0.39, 0.29) is 17.8 Å². The molecule has 0 unspecified atom stereocenters. The van der Waals surface area contributed by atoms with Crippen LogP contribution in [-0.4, -0.2) is 24.0 Å². The van der Waals surface area contributed by atoms with Crippen LogP contribution in [0.15, 0.2) is 5.16 Å². The fourth-order valence-electron chi connectivity index (χ4n) is 2.33. The van der Waals surface area contributed by atoms with Gasteiger partial charge >= 0.3 is 5.97 Å². The van der Waals surface area contributed by atoms with Gasteiger partial charge in [0.25, 0.3) is 0 Å². The summed E-state index contributed by atoms with van der Waals surface area (Å²) in [5.41, 5.74) is 0.774. The van der Waals surface area contributed by atoms with Gasteiger partial charge in [0.15, 0.2) is 0 Å². The molecule has 0 amide bonds. The number of nitrogens with zero attached hydrogens (tertiary/aromatic N) is 1. The van der Waals surface area contributed by atoms with Crippen molar-refractivity contribution in [3.63, 3.8) is 0 Å². The second kappa shape index (κ2) is 2.47. The molecule has 4 heteroatoms. The number of hydrogen-bond donors (Lipinski definition) is 1. The molecule has 0 spiro atoms. The van der Waals surface area contributed by atoms with Gasteiger partial charge in [-0.3, -0.25) is 4.79 Å². The van der Waals surface area contributed by atoms with E-state index in [9.17, 15) is 4.79 Å². The molecule has 4 nitrogen and oxygen atoms in total. The summed E-state index contributed by atoms with van der Waals surface area (Å²) in [4.78, 5) is 11.2. The standard InChI is InChI=1S/C8H11NO3/c1-12-8(10)7-4-2-5(7)6(3-4)9-11/h4-5,7,11H,2-3H2,1H3/b9-6+/t4-,5-,7+/m1/s1. The lowest BCUT2D eigenvalue weighted by molar-refractivity contribution is -0.152. The molecule has 3 rings (SSSR count). The van der Waals surface area contributed by atoms with Gasteiger partial charge < -0.3 is 9.94 Å². The minimum Gasteiger partial charge on any atom is -0.469 e. The number of carbonyl (C=O) groups excluding carboxylic acids is 1. The van der Waals surface area contributed by atoms with Crippen molar-refractivity contribution in [1.82, 2.24) is 0 Å². The lowest BCUT2D eigenvalue weighted by atomic mass is 9.72. The van der Waals surface area contributed by atoms with Gasteiger partial charge in [0.05, 0.1) is 18.7 Å². The van der Waals surface area contributed by atoms with Crippen LogP contribution >= 0.6 is 0 Å². The Bertz CT molecular complexity index is 249. The zero-order chi connectivity index (χ0) is 8.72. The molecule has 0 saturated heterocycles. The quantitative estimate of drug-likeness (QED) is 0.356. The maximum absolute atomic E-state index is 11.2. The Labute approximate surface area is 70.2 Å². The predicted molar refractivity (Wildman–Crippen MR) is 40.9 cm³/mol. The van der Waals surface area contributed by atoms with Crippen molar-refractivity contribution in [3.8, 4) is 0 Å². The van der Waals surface area contributed by atoms with Crippen LogP contribution in [0, 0.1) is 17.8 Å². The topological polar surface area (TPSA) is 58.9 Å². The zero-order valence-electron chi connectivity index (χ0n) is 6.86. The smallest absolute Gasteiger partial charge is 0.309 e. The molecule has 0 aromatic carbocycles. The fourth-order valence-corrected chi connectivity index (χ4v) is 2.33. The summed E-state index contributed by atoms with van der Waals surface area (Å²) in [6, 6.07) is 0. The summed E-state index contributed by atoms with van der Waals surface area (Å²) in [6.45, 7) is 0. The van der Waals surface area contributed by atoms with Gasteiger partial charge in [0.2, 0.25) is 0 Å². The van der Waals surface area contributed by atoms with E-state index in [2.05, 4.69) is 9.89 Å². The van der Waals surface area contributed by atoms with Crippen LogP contribution in [0.3, 0.4) is 0 Å². The van der Waals surface area contributed by atoms with Gasteiger partial charge in [-0.15, -0.1) is 0 Å². The van der Waals surface area contributed by atoms with Crippen molar-refractivity contribution in [2.75, 3.05) is 7.11 Å². The highest BCUT2D eigenvalue weighted by Gasteiger charge is 2.55. The number of rotatable bonds is 1. The van der Waals surface area contributed by atoms with Crippen molar-refractivity contribution in [2.45, 2.75) is 12.8 Å². The molecule has 0 aliphatic heterocycles. The molecule has 0 aromatic heterocycles. The average molecular weight is 169 g/mol. The van der Waals surface area contributed by atoms with E-state index in [1.165, 1.54) is 7.11 Å². The van der Waals surface area contributed by atoms with E-state index in [1.54, 1.807) is 0 Å². The molecular formula is C8H11NO3. The third-order valence-electron chi connectivity index (χ3n) is 3.00. The Hall–Kier alpha value is -1.06. The Kier molecular flexibility index (Phi) is 1.56.